The average Bonchev–Trinajstić information content (AvgIpc) is 2.36. The molecule has 0 aromatic heterocycles. The lowest BCUT2D eigenvalue weighted by molar-refractivity contribution is -0.143. The molecule has 0 aliphatic carbocycles. The van der Waals surface area contributed by atoms with Crippen molar-refractivity contribution in [2.45, 2.75) is 31.2 Å². The maximum absolute atomic E-state index is 12.2. The first-order valence-electron chi connectivity index (χ1n) is 6.12. The van der Waals surface area contributed by atoms with Gasteiger partial charge in [0.2, 0.25) is 10.0 Å². The van der Waals surface area contributed by atoms with Crippen molar-refractivity contribution in [1.82, 2.24) is 4.72 Å². The highest BCUT2D eigenvalue weighted by molar-refractivity contribution is 9.10. The molecule has 0 aliphatic heterocycles. The van der Waals surface area contributed by atoms with Gasteiger partial charge < -0.3 is 4.74 Å². The monoisotopic (exact) mass is 363 g/mol. The Kier molecular flexibility index (Phi) is 6.16. The van der Waals surface area contributed by atoms with Gasteiger partial charge in [-0.25, -0.2) is 8.42 Å². The van der Waals surface area contributed by atoms with Crippen LogP contribution in [0.5, 0.6) is 0 Å². The summed E-state index contributed by atoms with van der Waals surface area (Å²) >= 11 is 3.24. The predicted molar refractivity (Wildman–Crippen MR) is 79.7 cm³/mol. The van der Waals surface area contributed by atoms with E-state index in [4.69, 9.17) is 0 Å². The highest BCUT2D eigenvalue weighted by atomic mass is 79.9. The molecule has 0 saturated carbocycles. The Morgan fingerprint density at radius 2 is 1.85 bits per heavy atom. The van der Waals surface area contributed by atoms with E-state index in [2.05, 4.69) is 25.4 Å². The second-order valence-corrected chi connectivity index (χ2v) is 7.41. The third-order valence-electron chi connectivity index (χ3n) is 2.61. The molecule has 0 saturated heterocycles. The highest BCUT2D eigenvalue weighted by Crippen LogP contribution is 2.16. The zero-order valence-corrected chi connectivity index (χ0v) is 14.0. The molecule has 1 aromatic carbocycles. The van der Waals surface area contributed by atoms with Crippen molar-refractivity contribution in [1.29, 1.82) is 0 Å². The smallest absolute Gasteiger partial charge is 0.323 e. The summed E-state index contributed by atoms with van der Waals surface area (Å²) < 4.78 is 32.3. The molecule has 112 valence electrons. The maximum Gasteiger partial charge on any atom is 0.323 e. The molecule has 20 heavy (non-hydrogen) atoms. The first kappa shape index (κ1) is 17.1. The molecule has 1 atom stereocenters. The van der Waals surface area contributed by atoms with Gasteiger partial charge in [-0.05, 0) is 36.6 Å². The molecule has 5 nitrogen and oxygen atoms in total. The summed E-state index contributed by atoms with van der Waals surface area (Å²) in [6.45, 7) is 3.81. The van der Waals surface area contributed by atoms with Crippen LogP contribution >= 0.6 is 15.9 Å². The number of hydrogen-bond acceptors (Lipinski definition) is 4. The van der Waals surface area contributed by atoms with Crippen LogP contribution in [0.2, 0.25) is 0 Å². The number of hydrogen-bond donors (Lipinski definition) is 1. The lowest BCUT2D eigenvalue weighted by Gasteiger charge is -2.18. The molecule has 1 aromatic rings. The Bertz CT molecular complexity index is 554. The van der Waals surface area contributed by atoms with Crippen molar-refractivity contribution in [2.75, 3.05) is 7.11 Å². The highest BCUT2D eigenvalue weighted by Gasteiger charge is 2.27. The van der Waals surface area contributed by atoms with Crippen LogP contribution in [-0.2, 0) is 19.6 Å². The molecule has 1 N–H and O–H groups in total. The van der Waals surface area contributed by atoms with Crippen LogP contribution in [0, 0.1) is 5.92 Å². The number of benzene rings is 1. The second kappa shape index (κ2) is 7.19. The van der Waals surface area contributed by atoms with Gasteiger partial charge in [-0.1, -0.05) is 29.8 Å². The van der Waals surface area contributed by atoms with Gasteiger partial charge in [0.25, 0.3) is 0 Å². The van der Waals surface area contributed by atoms with Gasteiger partial charge in [0.1, 0.15) is 6.04 Å². The van der Waals surface area contributed by atoms with E-state index in [1.807, 2.05) is 13.8 Å². The van der Waals surface area contributed by atoms with Crippen molar-refractivity contribution >= 4 is 31.9 Å². The summed E-state index contributed by atoms with van der Waals surface area (Å²) in [5.41, 5.74) is 0. The number of nitrogens with one attached hydrogen (secondary N) is 1. The van der Waals surface area contributed by atoms with Gasteiger partial charge in [-0.3, -0.25) is 4.79 Å². The van der Waals surface area contributed by atoms with Crippen molar-refractivity contribution in [3.05, 3.63) is 28.7 Å². The van der Waals surface area contributed by atoms with Crippen LogP contribution in [0.3, 0.4) is 0 Å². The summed E-state index contributed by atoms with van der Waals surface area (Å²) in [4.78, 5) is 11.8. The third kappa shape index (κ3) is 4.88. The average molecular weight is 364 g/mol. The molecule has 0 spiro atoms. The van der Waals surface area contributed by atoms with Crippen molar-refractivity contribution in [3.8, 4) is 0 Å². The summed E-state index contributed by atoms with van der Waals surface area (Å²) in [6.07, 6.45) is 0.377. The molecule has 0 bridgehead atoms. The van der Waals surface area contributed by atoms with Gasteiger partial charge in [-0.15, -0.1) is 0 Å². The number of ether oxygens (including phenoxy) is 1. The predicted octanol–water partition coefficient (Wildman–Crippen LogP) is 2.32. The molecule has 0 unspecified atom stereocenters. The first-order chi connectivity index (χ1) is 9.26. The van der Waals surface area contributed by atoms with Crippen LogP contribution in [0.4, 0.5) is 0 Å². The quantitative estimate of drug-likeness (QED) is 0.787. The third-order valence-corrected chi connectivity index (χ3v) is 4.63. The minimum atomic E-state index is -3.75. The topological polar surface area (TPSA) is 72.5 Å². The molecule has 0 amide bonds. The number of sulfonamides is 1. The number of esters is 1. The number of halogens is 1. The fourth-order valence-electron chi connectivity index (χ4n) is 1.68. The van der Waals surface area contributed by atoms with Gasteiger partial charge in [0.05, 0.1) is 12.0 Å². The van der Waals surface area contributed by atoms with Crippen molar-refractivity contribution in [2.24, 2.45) is 5.92 Å². The summed E-state index contributed by atoms with van der Waals surface area (Å²) in [5, 5.41) is 0. The van der Waals surface area contributed by atoms with E-state index in [0.29, 0.717) is 6.42 Å². The zero-order valence-electron chi connectivity index (χ0n) is 11.6. The zero-order chi connectivity index (χ0) is 15.3. The van der Waals surface area contributed by atoms with Crippen molar-refractivity contribution < 1.29 is 17.9 Å². The van der Waals surface area contributed by atoms with Gasteiger partial charge >= 0.3 is 5.97 Å². The van der Waals surface area contributed by atoms with Crippen LogP contribution in [0.1, 0.15) is 20.3 Å². The van der Waals surface area contributed by atoms with E-state index >= 15 is 0 Å². The van der Waals surface area contributed by atoms with E-state index in [9.17, 15) is 13.2 Å². The number of rotatable bonds is 6. The summed E-state index contributed by atoms with van der Waals surface area (Å²) in [7, 11) is -2.51. The standard InChI is InChI=1S/C13H18BrNO4S/c1-9(2)8-12(13(16)19-3)15-20(17,18)11-6-4-10(14)5-7-11/h4-7,9,12,15H,8H2,1-3H3/t12-/m0/s1. The second-order valence-electron chi connectivity index (χ2n) is 4.78. The van der Waals surface area contributed by atoms with Gasteiger partial charge in [0.15, 0.2) is 0 Å². The van der Waals surface area contributed by atoms with E-state index in [1.165, 1.54) is 19.2 Å². The SMILES string of the molecule is COC(=O)[C@H](CC(C)C)NS(=O)(=O)c1ccc(Br)cc1. The Hall–Kier alpha value is -0.920. The van der Waals surface area contributed by atoms with E-state index in [-0.39, 0.29) is 10.8 Å². The van der Waals surface area contributed by atoms with Crippen molar-refractivity contribution in [3.63, 3.8) is 0 Å². The van der Waals surface area contributed by atoms with E-state index < -0.39 is 22.0 Å². The van der Waals surface area contributed by atoms with Crippen LogP contribution in [-0.4, -0.2) is 27.5 Å². The normalized spacial score (nSPS) is 13.2. The largest absolute Gasteiger partial charge is 0.468 e. The Balaban J connectivity index is 2.96. The molecular weight excluding hydrogens is 346 g/mol. The number of carbonyl (C=O) groups is 1. The number of methoxy groups -OCH3 is 1. The van der Waals surface area contributed by atoms with Crippen LogP contribution < -0.4 is 4.72 Å². The fourth-order valence-corrected chi connectivity index (χ4v) is 3.14. The minimum absolute atomic E-state index is 0.110. The Morgan fingerprint density at radius 1 is 1.30 bits per heavy atom. The molecule has 0 fully saturated rings. The van der Waals surface area contributed by atoms with Crippen LogP contribution in [0.15, 0.2) is 33.6 Å². The molecular formula is C13H18BrNO4S. The minimum Gasteiger partial charge on any atom is -0.468 e. The van der Waals surface area contributed by atoms with Crippen LogP contribution in [0.25, 0.3) is 0 Å². The lowest BCUT2D eigenvalue weighted by atomic mass is 10.1. The Morgan fingerprint density at radius 3 is 2.30 bits per heavy atom. The van der Waals surface area contributed by atoms with E-state index in [1.54, 1.807) is 12.1 Å². The molecule has 7 heteroatoms. The number of carbonyl (C=O) groups excluding carboxylic acids is 1. The Labute approximate surface area is 127 Å². The maximum atomic E-state index is 12.2. The first-order valence-corrected chi connectivity index (χ1v) is 8.39. The summed E-state index contributed by atoms with van der Waals surface area (Å²) in [6, 6.07) is 5.31. The molecule has 0 radical (unpaired) electrons. The summed E-state index contributed by atoms with van der Waals surface area (Å²) in [5.74, 6) is -0.425. The van der Waals surface area contributed by atoms with E-state index in [0.717, 1.165) is 4.47 Å². The molecule has 0 aliphatic rings. The van der Waals surface area contributed by atoms with Gasteiger partial charge in [-0.2, -0.15) is 4.72 Å². The van der Waals surface area contributed by atoms with Gasteiger partial charge in [0, 0.05) is 4.47 Å². The lowest BCUT2D eigenvalue weighted by Crippen LogP contribution is -2.42. The molecule has 1 rings (SSSR count). The molecule has 0 heterocycles. The fraction of sp³-hybridized carbons (Fsp3) is 0.462.